The summed E-state index contributed by atoms with van der Waals surface area (Å²) in [5, 5.41) is 2.62. The number of benzene rings is 2. The highest BCUT2D eigenvalue weighted by atomic mass is 32.2. The van der Waals surface area contributed by atoms with Crippen LogP contribution in [-0.4, -0.2) is 41.1 Å². The Kier molecular flexibility index (Phi) is 5.00. The van der Waals surface area contributed by atoms with Crippen molar-refractivity contribution >= 4 is 37.3 Å². The van der Waals surface area contributed by atoms with E-state index in [0.717, 1.165) is 27.4 Å². The van der Waals surface area contributed by atoms with Crippen molar-refractivity contribution in [3.63, 3.8) is 0 Å². The van der Waals surface area contributed by atoms with Gasteiger partial charge in [-0.15, -0.1) is 0 Å². The maximum absolute atomic E-state index is 12.9. The second-order valence-electron chi connectivity index (χ2n) is 7.80. The fourth-order valence-electron chi connectivity index (χ4n) is 4.23. The topological polar surface area (TPSA) is 75.2 Å². The number of nitrogens with zero attached hydrogens (tertiary/aromatic N) is 2. The molecule has 0 amide bonds. The van der Waals surface area contributed by atoms with E-state index < -0.39 is 10.0 Å². The van der Waals surface area contributed by atoms with E-state index in [1.165, 1.54) is 8.87 Å². The Balaban J connectivity index is 1.31. The van der Waals surface area contributed by atoms with Crippen LogP contribution in [0.25, 0.3) is 27.2 Å². The number of hydrogen-bond donors (Lipinski definition) is 1. The van der Waals surface area contributed by atoms with Crippen molar-refractivity contribution in [1.82, 2.24) is 13.9 Å². The maximum atomic E-state index is 12.9. The van der Waals surface area contributed by atoms with E-state index in [0.29, 0.717) is 24.9 Å². The zero-order valence-corrected chi connectivity index (χ0v) is 17.8. The molecular formula is C24H23N3O3S. The van der Waals surface area contributed by atoms with Crippen molar-refractivity contribution in [3.8, 4) is 0 Å². The normalized spacial score (nSPS) is 15.4. The Morgan fingerprint density at radius 1 is 0.968 bits per heavy atom. The molecule has 0 atom stereocenters. The van der Waals surface area contributed by atoms with Crippen LogP contribution in [0, 0.1) is 0 Å². The van der Waals surface area contributed by atoms with E-state index in [9.17, 15) is 13.2 Å². The molecule has 158 valence electrons. The van der Waals surface area contributed by atoms with Gasteiger partial charge in [0, 0.05) is 53.9 Å². The van der Waals surface area contributed by atoms with Gasteiger partial charge in [0.2, 0.25) is 10.0 Å². The monoisotopic (exact) mass is 433 g/mol. The van der Waals surface area contributed by atoms with E-state index in [2.05, 4.69) is 11.1 Å². The summed E-state index contributed by atoms with van der Waals surface area (Å²) in [7, 11) is -3.47. The highest BCUT2D eigenvalue weighted by Crippen LogP contribution is 2.29. The third-order valence-corrected chi connectivity index (χ3v) is 7.79. The summed E-state index contributed by atoms with van der Waals surface area (Å²) in [5.41, 5.74) is 3.22. The molecule has 1 aliphatic heterocycles. The van der Waals surface area contributed by atoms with Crippen LogP contribution in [0.1, 0.15) is 12.0 Å². The molecular weight excluding hydrogens is 410 g/mol. The van der Waals surface area contributed by atoms with Gasteiger partial charge in [0.25, 0.3) is 5.56 Å². The van der Waals surface area contributed by atoms with Crippen LogP contribution in [0.2, 0.25) is 0 Å². The van der Waals surface area contributed by atoms with Crippen molar-refractivity contribution in [2.24, 2.45) is 0 Å². The van der Waals surface area contributed by atoms with E-state index in [1.807, 2.05) is 54.7 Å². The lowest BCUT2D eigenvalue weighted by Gasteiger charge is -2.26. The summed E-state index contributed by atoms with van der Waals surface area (Å²) in [6.07, 6.45) is 6.33. The van der Waals surface area contributed by atoms with Crippen LogP contribution in [-0.2, 0) is 16.6 Å². The number of H-pyrrole nitrogens is 1. The van der Waals surface area contributed by atoms with Gasteiger partial charge in [-0.05, 0) is 35.6 Å². The minimum atomic E-state index is -3.47. The molecule has 0 saturated heterocycles. The molecule has 1 N–H and O–H groups in total. The second kappa shape index (κ2) is 7.83. The minimum absolute atomic E-state index is 0.0957. The van der Waals surface area contributed by atoms with Crippen molar-refractivity contribution in [2.45, 2.75) is 13.0 Å². The van der Waals surface area contributed by atoms with Gasteiger partial charge in [-0.25, -0.2) is 8.42 Å². The molecule has 1 aliphatic rings. The Morgan fingerprint density at radius 3 is 2.55 bits per heavy atom. The molecule has 31 heavy (non-hydrogen) atoms. The third-order valence-electron chi connectivity index (χ3n) is 5.98. The van der Waals surface area contributed by atoms with Gasteiger partial charge in [0.15, 0.2) is 0 Å². The first-order valence-corrected chi connectivity index (χ1v) is 12.0. The van der Waals surface area contributed by atoms with Crippen LogP contribution in [0.5, 0.6) is 0 Å². The maximum Gasteiger partial charge on any atom is 0.258 e. The van der Waals surface area contributed by atoms with Gasteiger partial charge in [0.05, 0.1) is 5.75 Å². The number of sulfonamides is 1. The van der Waals surface area contributed by atoms with Crippen LogP contribution in [0.3, 0.4) is 0 Å². The molecule has 0 saturated carbocycles. The van der Waals surface area contributed by atoms with Crippen molar-refractivity contribution in [1.29, 1.82) is 0 Å². The van der Waals surface area contributed by atoms with Crippen LogP contribution in [0.15, 0.2) is 77.9 Å². The SMILES string of the molecule is O=c1c2ccccc2ccn1CCS(=O)(=O)N1CC=C(c2c[nH]c3ccccc23)CC1. The molecule has 0 radical (unpaired) electrons. The fourth-order valence-corrected chi connectivity index (χ4v) is 5.59. The molecule has 3 heterocycles. The first-order chi connectivity index (χ1) is 15.0. The number of pyridine rings is 1. The molecule has 7 heteroatoms. The smallest absolute Gasteiger partial charge is 0.258 e. The summed E-state index contributed by atoms with van der Waals surface area (Å²) < 4.78 is 28.8. The van der Waals surface area contributed by atoms with Crippen LogP contribution >= 0.6 is 0 Å². The molecule has 2 aromatic carbocycles. The van der Waals surface area contributed by atoms with Crippen molar-refractivity contribution < 1.29 is 8.42 Å². The van der Waals surface area contributed by atoms with Gasteiger partial charge < -0.3 is 9.55 Å². The van der Waals surface area contributed by atoms with E-state index >= 15 is 0 Å². The average molecular weight is 434 g/mol. The predicted molar refractivity (Wildman–Crippen MR) is 124 cm³/mol. The average Bonchev–Trinajstić information content (AvgIpc) is 3.23. The number of fused-ring (bicyclic) bond motifs is 2. The molecule has 0 unspecified atom stereocenters. The molecule has 0 spiro atoms. The number of aromatic amines is 1. The Bertz CT molecular complexity index is 1460. The number of rotatable bonds is 5. The zero-order chi connectivity index (χ0) is 21.4. The van der Waals surface area contributed by atoms with Crippen LogP contribution < -0.4 is 5.56 Å². The Hall–Kier alpha value is -3.16. The fraction of sp³-hybridized carbons (Fsp3) is 0.208. The third kappa shape index (κ3) is 3.71. The van der Waals surface area contributed by atoms with Gasteiger partial charge in [-0.1, -0.05) is 42.5 Å². The van der Waals surface area contributed by atoms with Gasteiger partial charge in [0.1, 0.15) is 0 Å². The lowest BCUT2D eigenvalue weighted by atomic mass is 10.00. The quantitative estimate of drug-likeness (QED) is 0.523. The van der Waals surface area contributed by atoms with Crippen LogP contribution in [0.4, 0.5) is 0 Å². The summed E-state index contributed by atoms with van der Waals surface area (Å²) in [6, 6.07) is 17.3. The van der Waals surface area contributed by atoms with Crippen molar-refractivity contribution in [3.05, 3.63) is 89.0 Å². The number of aryl methyl sites for hydroxylation is 1. The van der Waals surface area contributed by atoms with Gasteiger partial charge in [-0.3, -0.25) is 4.79 Å². The van der Waals surface area contributed by atoms with Gasteiger partial charge >= 0.3 is 0 Å². The summed E-state index contributed by atoms with van der Waals surface area (Å²) in [6.45, 7) is 0.936. The summed E-state index contributed by atoms with van der Waals surface area (Å²) in [5.74, 6) is -0.0957. The van der Waals surface area contributed by atoms with E-state index in [-0.39, 0.29) is 17.9 Å². The summed E-state index contributed by atoms with van der Waals surface area (Å²) >= 11 is 0. The highest BCUT2D eigenvalue weighted by Gasteiger charge is 2.25. The Morgan fingerprint density at radius 2 is 1.74 bits per heavy atom. The van der Waals surface area contributed by atoms with E-state index in [1.54, 1.807) is 12.3 Å². The van der Waals surface area contributed by atoms with Gasteiger partial charge in [-0.2, -0.15) is 4.31 Å². The molecule has 2 aromatic heterocycles. The number of aromatic nitrogens is 2. The molecule has 4 aromatic rings. The molecule has 0 aliphatic carbocycles. The minimum Gasteiger partial charge on any atom is -0.361 e. The second-order valence-corrected chi connectivity index (χ2v) is 9.89. The molecule has 0 fully saturated rings. The first kappa shape index (κ1) is 19.8. The largest absolute Gasteiger partial charge is 0.361 e. The number of para-hydroxylation sites is 1. The first-order valence-electron chi connectivity index (χ1n) is 10.3. The Labute approximate surface area is 180 Å². The molecule has 6 nitrogen and oxygen atoms in total. The predicted octanol–water partition coefficient (Wildman–Crippen LogP) is 3.60. The lowest BCUT2D eigenvalue weighted by molar-refractivity contribution is 0.438. The van der Waals surface area contributed by atoms with E-state index in [4.69, 9.17) is 0 Å². The summed E-state index contributed by atoms with van der Waals surface area (Å²) in [4.78, 5) is 15.9. The van der Waals surface area contributed by atoms with Crippen molar-refractivity contribution in [2.75, 3.05) is 18.8 Å². The lowest BCUT2D eigenvalue weighted by Crippen LogP contribution is -2.38. The standard InChI is InChI=1S/C24H23N3O3S/c28-24-20-6-2-1-5-18(20)9-12-26(24)15-16-31(29,30)27-13-10-19(11-14-27)22-17-25-23-8-4-3-7-21(22)23/h1-10,12,17,25H,11,13-16H2. The zero-order valence-electron chi connectivity index (χ0n) is 17.0. The molecule has 0 bridgehead atoms. The number of hydrogen-bond acceptors (Lipinski definition) is 3. The number of nitrogens with one attached hydrogen (secondary N) is 1. The highest BCUT2D eigenvalue weighted by molar-refractivity contribution is 7.89. The molecule has 5 rings (SSSR count).